The fraction of sp³-hybridized carbons (Fsp3) is 0.500. The Labute approximate surface area is 107 Å². The number of urea groups is 1. The van der Waals surface area contributed by atoms with E-state index in [2.05, 4.69) is 5.32 Å². The average Bonchev–Trinajstić information content (AvgIpc) is 2.98. The van der Waals surface area contributed by atoms with Crippen LogP contribution in [0.1, 0.15) is 30.0 Å². The van der Waals surface area contributed by atoms with Crippen LogP contribution in [0.4, 0.5) is 4.79 Å². The van der Waals surface area contributed by atoms with Crippen LogP contribution in [-0.2, 0) is 6.42 Å². The highest BCUT2D eigenvalue weighted by Crippen LogP contribution is 2.31. The van der Waals surface area contributed by atoms with E-state index >= 15 is 0 Å². The number of benzene rings is 1. The lowest BCUT2D eigenvalue weighted by Gasteiger charge is -2.22. The smallest absolute Gasteiger partial charge is 0.317 e. The molecule has 4 nitrogen and oxygen atoms in total. The SMILES string of the molecule is O=C(NC1c2ccccc2CC1O)N1CCCC1. The summed E-state index contributed by atoms with van der Waals surface area (Å²) in [6.45, 7) is 1.66. The average molecular weight is 246 g/mol. The van der Waals surface area contributed by atoms with Crippen LogP contribution in [0.3, 0.4) is 0 Å². The van der Waals surface area contributed by atoms with Crippen molar-refractivity contribution in [3.63, 3.8) is 0 Å². The second-order valence-electron chi connectivity index (χ2n) is 5.09. The molecule has 1 aliphatic heterocycles. The molecular weight excluding hydrogens is 228 g/mol. The minimum Gasteiger partial charge on any atom is -0.390 e. The summed E-state index contributed by atoms with van der Waals surface area (Å²) in [5, 5.41) is 13.0. The molecule has 2 aliphatic rings. The van der Waals surface area contributed by atoms with Gasteiger partial charge in [-0.3, -0.25) is 0 Å². The maximum atomic E-state index is 12.1. The van der Waals surface area contributed by atoms with E-state index in [0.717, 1.165) is 37.1 Å². The van der Waals surface area contributed by atoms with Crippen molar-refractivity contribution < 1.29 is 9.90 Å². The number of aliphatic hydroxyl groups excluding tert-OH is 1. The first-order valence-electron chi connectivity index (χ1n) is 6.57. The van der Waals surface area contributed by atoms with Gasteiger partial charge in [-0.25, -0.2) is 4.79 Å². The van der Waals surface area contributed by atoms with E-state index in [1.54, 1.807) is 0 Å². The molecule has 0 radical (unpaired) electrons. The molecule has 1 aliphatic carbocycles. The summed E-state index contributed by atoms with van der Waals surface area (Å²) >= 11 is 0. The van der Waals surface area contributed by atoms with Crippen molar-refractivity contribution in [1.29, 1.82) is 0 Å². The van der Waals surface area contributed by atoms with Gasteiger partial charge in [0.2, 0.25) is 0 Å². The minimum absolute atomic E-state index is 0.0479. The first-order valence-corrected chi connectivity index (χ1v) is 6.57. The molecule has 0 bridgehead atoms. The quantitative estimate of drug-likeness (QED) is 0.788. The summed E-state index contributed by atoms with van der Waals surface area (Å²) in [6, 6.07) is 7.62. The first-order chi connectivity index (χ1) is 8.75. The Hall–Kier alpha value is -1.55. The van der Waals surface area contributed by atoms with Crippen LogP contribution >= 0.6 is 0 Å². The van der Waals surface area contributed by atoms with Gasteiger partial charge in [-0.2, -0.15) is 0 Å². The van der Waals surface area contributed by atoms with Crippen molar-refractivity contribution in [2.75, 3.05) is 13.1 Å². The Morgan fingerprint density at radius 1 is 1.28 bits per heavy atom. The summed E-state index contributed by atoms with van der Waals surface area (Å²) < 4.78 is 0. The summed E-state index contributed by atoms with van der Waals surface area (Å²) in [6.07, 6.45) is 2.28. The maximum Gasteiger partial charge on any atom is 0.317 e. The van der Waals surface area contributed by atoms with Crippen molar-refractivity contribution in [3.05, 3.63) is 35.4 Å². The number of hydrogen-bond acceptors (Lipinski definition) is 2. The van der Waals surface area contributed by atoms with Crippen LogP contribution in [0, 0.1) is 0 Å². The van der Waals surface area contributed by atoms with Gasteiger partial charge < -0.3 is 15.3 Å². The number of carbonyl (C=O) groups is 1. The van der Waals surface area contributed by atoms with Gasteiger partial charge in [-0.15, -0.1) is 0 Å². The summed E-state index contributed by atoms with van der Waals surface area (Å²) in [4.78, 5) is 13.9. The second-order valence-corrected chi connectivity index (χ2v) is 5.09. The highest BCUT2D eigenvalue weighted by atomic mass is 16.3. The Morgan fingerprint density at radius 2 is 2.00 bits per heavy atom. The molecule has 2 N–H and O–H groups in total. The molecule has 2 amide bonds. The standard InChI is InChI=1S/C14H18N2O2/c17-12-9-10-5-1-2-6-11(10)13(12)15-14(18)16-7-3-4-8-16/h1-2,5-6,12-13,17H,3-4,7-9H2,(H,15,18). The van der Waals surface area contributed by atoms with E-state index in [9.17, 15) is 9.90 Å². The molecule has 4 heteroatoms. The molecule has 1 saturated heterocycles. The van der Waals surface area contributed by atoms with Crippen LogP contribution in [0.15, 0.2) is 24.3 Å². The zero-order valence-corrected chi connectivity index (χ0v) is 10.3. The lowest BCUT2D eigenvalue weighted by molar-refractivity contribution is 0.136. The third-order valence-corrected chi connectivity index (χ3v) is 3.88. The maximum absolute atomic E-state index is 12.1. The van der Waals surface area contributed by atoms with Gasteiger partial charge in [0.1, 0.15) is 0 Å². The van der Waals surface area contributed by atoms with E-state index in [1.807, 2.05) is 29.2 Å². The molecule has 1 heterocycles. The molecule has 2 atom stereocenters. The van der Waals surface area contributed by atoms with Gasteiger partial charge in [-0.05, 0) is 24.0 Å². The highest BCUT2D eigenvalue weighted by molar-refractivity contribution is 5.75. The number of aliphatic hydroxyl groups is 1. The molecule has 0 spiro atoms. The van der Waals surface area contributed by atoms with Crippen molar-refractivity contribution in [3.8, 4) is 0 Å². The Bertz CT molecular complexity index is 455. The second kappa shape index (κ2) is 4.61. The predicted molar refractivity (Wildman–Crippen MR) is 68.2 cm³/mol. The molecule has 3 rings (SSSR count). The lowest BCUT2D eigenvalue weighted by atomic mass is 10.1. The normalized spacial score (nSPS) is 26.2. The van der Waals surface area contributed by atoms with E-state index in [0.29, 0.717) is 6.42 Å². The number of likely N-dealkylation sites (tertiary alicyclic amines) is 1. The number of nitrogens with one attached hydrogen (secondary N) is 1. The molecule has 1 aromatic carbocycles. The van der Waals surface area contributed by atoms with Gasteiger partial charge in [0, 0.05) is 19.5 Å². The van der Waals surface area contributed by atoms with E-state index in [4.69, 9.17) is 0 Å². The molecule has 1 fully saturated rings. The molecule has 1 aromatic rings. The fourth-order valence-electron chi connectivity index (χ4n) is 2.89. The van der Waals surface area contributed by atoms with E-state index in [-0.39, 0.29) is 12.1 Å². The molecule has 2 unspecified atom stereocenters. The lowest BCUT2D eigenvalue weighted by Crippen LogP contribution is -2.42. The number of amides is 2. The van der Waals surface area contributed by atoms with Crippen molar-refractivity contribution in [1.82, 2.24) is 10.2 Å². The fourth-order valence-corrected chi connectivity index (χ4v) is 2.89. The number of carbonyl (C=O) groups excluding carboxylic acids is 1. The molecule has 18 heavy (non-hydrogen) atoms. The molecule has 96 valence electrons. The van der Waals surface area contributed by atoms with Crippen LogP contribution in [-0.4, -0.2) is 35.2 Å². The highest BCUT2D eigenvalue weighted by Gasteiger charge is 2.33. The number of fused-ring (bicyclic) bond motifs is 1. The van der Waals surface area contributed by atoms with Gasteiger partial charge >= 0.3 is 6.03 Å². The molecule has 0 saturated carbocycles. The monoisotopic (exact) mass is 246 g/mol. The summed E-state index contributed by atoms with van der Waals surface area (Å²) in [5.41, 5.74) is 2.19. The Morgan fingerprint density at radius 3 is 2.78 bits per heavy atom. The van der Waals surface area contributed by atoms with Gasteiger partial charge in [0.05, 0.1) is 12.1 Å². The number of hydrogen-bond donors (Lipinski definition) is 2. The summed E-state index contributed by atoms with van der Waals surface area (Å²) in [7, 11) is 0. The van der Waals surface area contributed by atoms with Gasteiger partial charge in [0.15, 0.2) is 0 Å². The van der Waals surface area contributed by atoms with Gasteiger partial charge in [-0.1, -0.05) is 24.3 Å². The summed E-state index contributed by atoms with van der Waals surface area (Å²) in [5.74, 6) is 0. The Balaban J connectivity index is 1.74. The third kappa shape index (κ3) is 1.97. The van der Waals surface area contributed by atoms with Crippen LogP contribution in [0.2, 0.25) is 0 Å². The Kier molecular flexibility index (Phi) is 2.96. The first kappa shape index (κ1) is 11.5. The third-order valence-electron chi connectivity index (χ3n) is 3.88. The largest absolute Gasteiger partial charge is 0.390 e. The molecule has 0 aromatic heterocycles. The van der Waals surface area contributed by atoms with Crippen LogP contribution < -0.4 is 5.32 Å². The predicted octanol–water partition coefficient (Wildman–Crippen LogP) is 1.45. The van der Waals surface area contributed by atoms with E-state index < -0.39 is 6.10 Å². The minimum atomic E-state index is -0.506. The van der Waals surface area contributed by atoms with Crippen molar-refractivity contribution >= 4 is 6.03 Å². The topological polar surface area (TPSA) is 52.6 Å². The number of rotatable bonds is 1. The number of nitrogens with zero attached hydrogens (tertiary/aromatic N) is 1. The van der Waals surface area contributed by atoms with Crippen LogP contribution in [0.25, 0.3) is 0 Å². The van der Waals surface area contributed by atoms with Gasteiger partial charge in [0.25, 0.3) is 0 Å². The van der Waals surface area contributed by atoms with Crippen LogP contribution in [0.5, 0.6) is 0 Å². The zero-order valence-electron chi connectivity index (χ0n) is 10.3. The molecular formula is C14H18N2O2. The van der Waals surface area contributed by atoms with Crippen molar-refractivity contribution in [2.24, 2.45) is 0 Å². The van der Waals surface area contributed by atoms with E-state index in [1.165, 1.54) is 0 Å². The van der Waals surface area contributed by atoms with Crippen molar-refractivity contribution in [2.45, 2.75) is 31.4 Å². The zero-order chi connectivity index (χ0) is 12.5.